The van der Waals surface area contributed by atoms with Crippen molar-refractivity contribution in [3.8, 4) is 0 Å². The fraction of sp³-hybridized carbons (Fsp3) is 0.680. The summed E-state index contributed by atoms with van der Waals surface area (Å²) in [7, 11) is 1.74. The molecule has 2 heterocycles. The minimum atomic E-state index is -0.728. The van der Waals surface area contributed by atoms with Crippen molar-refractivity contribution in [2.45, 2.75) is 88.6 Å². The lowest BCUT2D eigenvalue weighted by atomic mass is 9.74. The maximum Gasteiger partial charge on any atom is 0.270 e. The van der Waals surface area contributed by atoms with Gasteiger partial charge in [0.05, 0.1) is 0 Å². The predicted octanol–water partition coefficient (Wildman–Crippen LogP) is 3.65. The number of nitrogens with zero attached hydrogens (tertiary/aromatic N) is 3. The lowest BCUT2D eigenvalue weighted by molar-refractivity contribution is -0.131. The summed E-state index contributed by atoms with van der Waals surface area (Å²) in [6.07, 6.45) is 14.6. The predicted molar refractivity (Wildman–Crippen MR) is 125 cm³/mol. The van der Waals surface area contributed by atoms with Crippen LogP contribution in [0.25, 0.3) is 0 Å². The molecule has 7 heteroatoms. The van der Waals surface area contributed by atoms with E-state index in [9.17, 15) is 9.59 Å². The molecule has 2 fully saturated rings. The van der Waals surface area contributed by atoms with Crippen LogP contribution in [0, 0.1) is 11.8 Å². The van der Waals surface area contributed by atoms with Crippen LogP contribution in [0.5, 0.6) is 0 Å². The fourth-order valence-electron chi connectivity index (χ4n) is 5.92. The van der Waals surface area contributed by atoms with Crippen molar-refractivity contribution in [1.29, 1.82) is 0 Å². The highest BCUT2D eigenvalue weighted by molar-refractivity contribution is 6.06. The van der Waals surface area contributed by atoms with Crippen molar-refractivity contribution < 1.29 is 9.59 Å². The number of pyridine rings is 1. The first-order valence-corrected chi connectivity index (χ1v) is 12.3. The number of nitrogens with one attached hydrogen (secondary N) is 1. The van der Waals surface area contributed by atoms with Crippen LogP contribution >= 0.6 is 0 Å². The lowest BCUT2D eigenvalue weighted by Gasteiger charge is -2.35. The molecule has 0 saturated heterocycles. The summed E-state index contributed by atoms with van der Waals surface area (Å²) in [6.45, 7) is 0. The van der Waals surface area contributed by atoms with Gasteiger partial charge in [0.2, 0.25) is 0 Å². The molecule has 1 aliphatic heterocycles. The molecule has 0 bridgehead atoms. The highest BCUT2D eigenvalue weighted by Crippen LogP contribution is 2.40. The topological polar surface area (TPSA) is 101 Å². The van der Waals surface area contributed by atoms with E-state index in [1.165, 1.54) is 37.0 Å². The molecule has 0 spiro atoms. The van der Waals surface area contributed by atoms with Gasteiger partial charge in [-0.2, -0.15) is 0 Å². The van der Waals surface area contributed by atoms with Crippen LogP contribution < -0.4 is 11.1 Å². The molecule has 4 rings (SSSR count). The third-order valence-corrected chi connectivity index (χ3v) is 7.71. The molecule has 174 valence electrons. The van der Waals surface area contributed by atoms with Crippen LogP contribution in [0.3, 0.4) is 0 Å². The maximum absolute atomic E-state index is 13.3. The number of carbonyl (C=O) groups excluding carboxylic acids is 2. The molecule has 3 atom stereocenters. The summed E-state index contributed by atoms with van der Waals surface area (Å²) >= 11 is 0. The van der Waals surface area contributed by atoms with Gasteiger partial charge in [-0.05, 0) is 56.1 Å². The Morgan fingerprint density at radius 3 is 2.62 bits per heavy atom. The first-order valence-electron chi connectivity index (χ1n) is 12.3. The van der Waals surface area contributed by atoms with Gasteiger partial charge in [0.15, 0.2) is 5.96 Å². The Morgan fingerprint density at radius 1 is 1.16 bits per heavy atom. The zero-order chi connectivity index (χ0) is 22.6. The van der Waals surface area contributed by atoms with Gasteiger partial charge >= 0.3 is 0 Å². The van der Waals surface area contributed by atoms with Gasteiger partial charge < -0.3 is 11.1 Å². The van der Waals surface area contributed by atoms with E-state index in [1.54, 1.807) is 19.3 Å². The molecule has 32 heavy (non-hydrogen) atoms. The summed E-state index contributed by atoms with van der Waals surface area (Å²) in [5.41, 5.74) is 5.83. The third kappa shape index (κ3) is 5.13. The van der Waals surface area contributed by atoms with E-state index >= 15 is 0 Å². The third-order valence-electron chi connectivity index (χ3n) is 7.71. The molecule has 3 aliphatic rings. The summed E-state index contributed by atoms with van der Waals surface area (Å²) in [4.78, 5) is 36.3. The van der Waals surface area contributed by atoms with E-state index in [0.29, 0.717) is 23.5 Å². The zero-order valence-corrected chi connectivity index (χ0v) is 19.3. The van der Waals surface area contributed by atoms with E-state index in [2.05, 4.69) is 10.3 Å². The van der Waals surface area contributed by atoms with Crippen LogP contribution in [0.4, 0.5) is 0 Å². The number of amides is 2. The Bertz CT molecular complexity index is 836. The number of hydrogen-bond acceptors (Lipinski definition) is 5. The van der Waals surface area contributed by atoms with Gasteiger partial charge in [-0.25, -0.2) is 4.99 Å². The monoisotopic (exact) mass is 439 g/mol. The number of aliphatic imine (C=N–C) groups is 1. The molecule has 0 radical (unpaired) electrons. The Labute approximate surface area is 191 Å². The zero-order valence-electron chi connectivity index (χ0n) is 19.3. The Balaban J connectivity index is 1.41. The number of guanidine groups is 1. The van der Waals surface area contributed by atoms with Crippen molar-refractivity contribution in [2.75, 3.05) is 7.05 Å². The Morgan fingerprint density at radius 2 is 1.94 bits per heavy atom. The van der Waals surface area contributed by atoms with Gasteiger partial charge in [0.25, 0.3) is 11.8 Å². The van der Waals surface area contributed by atoms with E-state index in [4.69, 9.17) is 10.7 Å². The number of hydrogen-bond donors (Lipinski definition) is 2. The number of nitrogens with two attached hydrogens (primary N) is 1. The van der Waals surface area contributed by atoms with Gasteiger partial charge in [-0.1, -0.05) is 51.0 Å². The SMILES string of the molecule is CN1C(=O)[C@@](CCC2CCCCC2)(C[C@H]2CCC[C@@H](NC(=O)c3ccccn3)C2)N=C1N. The van der Waals surface area contributed by atoms with E-state index in [-0.39, 0.29) is 17.9 Å². The first kappa shape index (κ1) is 22.7. The van der Waals surface area contributed by atoms with Gasteiger partial charge in [0, 0.05) is 19.3 Å². The second kappa shape index (κ2) is 10.0. The van der Waals surface area contributed by atoms with Gasteiger partial charge in [0.1, 0.15) is 11.2 Å². The quantitative estimate of drug-likeness (QED) is 0.677. The number of likely N-dealkylation sites (N-methyl/N-ethyl adjacent to an activating group) is 1. The second-order valence-electron chi connectivity index (χ2n) is 10.0. The van der Waals surface area contributed by atoms with Crippen LogP contribution in [0.2, 0.25) is 0 Å². The minimum Gasteiger partial charge on any atom is -0.369 e. The summed E-state index contributed by atoms with van der Waals surface area (Å²) in [5, 5.41) is 3.16. The molecule has 0 aromatic carbocycles. The first-order chi connectivity index (χ1) is 15.5. The molecule has 7 nitrogen and oxygen atoms in total. The van der Waals surface area contributed by atoms with Crippen LogP contribution in [-0.2, 0) is 4.79 Å². The molecule has 3 N–H and O–H groups in total. The van der Waals surface area contributed by atoms with Crippen molar-refractivity contribution in [2.24, 2.45) is 22.6 Å². The fourth-order valence-corrected chi connectivity index (χ4v) is 5.92. The van der Waals surface area contributed by atoms with E-state index in [1.807, 2.05) is 12.1 Å². The summed E-state index contributed by atoms with van der Waals surface area (Å²) in [6, 6.07) is 5.48. The van der Waals surface area contributed by atoms with Crippen LogP contribution in [0.15, 0.2) is 29.4 Å². The largest absolute Gasteiger partial charge is 0.369 e. The maximum atomic E-state index is 13.3. The number of carbonyl (C=O) groups is 2. The molecule has 2 aliphatic carbocycles. The van der Waals surface area contributed by atoms with Crippen LogP contribution in [0.1, 0.15) is 87.5 Å². The highest BCUT2D eigenvalue weighted by atomic mass is 16.2. The average Bonchev–Trinajstić information content (AvgIpc) is 3.03. The molecular weight excluding hydrogens is 402 g/mol. The molecule has 1 aromatic rings. The molecule has 0 unspecified atom stereocenters. The minimum absolute atomic E-state index is 0.0467. The molecule has 2 amide bonds. The molecule has 1 aromatic heterocycles. The summed E-state index contributed by atoms with van der Waals surface area (Å²) in [5.74, 6) is 1.31. The second-order valence-corrected chi connectivity index (χ2v) is 10.0. The lowest BCUT2D eigenvalue weighted by Crippen LogP contribution is -2.45. The standard InChI is InChI=1S/C25H37N5O2/c1-30-23(32)25(29-24(30)26,14-13-18-8-3-2-4-9-18)17-19-10-7-11-20(16-19)28-22(31)21-12-5-6-15-27-21/h5-6,12,15,18-20H,2-4,7-11,13-14,16-17H2,1H3,(H2,26,29)(H,28,31)/t19-,20+,25+/m0/s1. The molecular formula is C25H37N5O2. The average molecular weight is 440 g/mol. The number of rotatable bonds is 7. The van der Waals surface area contributed by atoms with Crippen molar-refractivity contribution >= 4 is 17.8 Å². The Kier molecular flexibility index (Phi) is 7.11. The van der Waals surface area contributed by atoms with Gasteiger partial charge in [-0.15, -0.1) is 0 Å². The molecule has 2 saturated carbocycles. The van der Waals surface area contributed by atoms with Crippen molar-refractivity contribution in [1.82, 2.24) is 15.2 Å². The van der Waals surface area contributed by atoms with E-state index < -0.39 is 5.54 Å². The summed E-state index contributed by atoms with van der Waals surface area (Å²) < 4.78 is 0. The van der Waals surface area contributed by atoms with Crippen LogP contribution in [-0.4, -0.2) is 46.3 Å². The number of aromatic nitrogens is 1. The van der Waals surface area contributed by atoms with E-state index in [0.717, 1.165) is 44.9 Å². The highest BCUT2D eigenvalue weighted by Gasteiger charge is 2.48. The normalized spacial score (nSPS) is 29.1. The van der Waals surface area contributed by atoms with Gasteiger partial charge in [-0.3, -0.25) is 19.5 Å². The smallest absolute Gasteiger partial charge is 0.270 e. The van der Waals surface area contributed by atoms with Crippen molar-refractivity contribution in [3.63, 3.8) is 0 Å². The van der Waals surface area contributed by atoms with Crippen molar-refractivity contribution in [3.05, 3.63) is 30.1 Å². The Hall–Kier alpha value is -2.44.